The van der Waals surface area contributed by atoms with Gasteiger partial charge in [-0.3, -0.25) is 0 Å². The van der Waals surface area contributed by atoms with E-state index in [1.165, 1.54) is 6.07 Å². The van der Waals surface area contributed by atoms with Crippen LogP contribution < -0.4 is 0 Å². The number of hydrogen-bond acceptors (Lipinski definition) is 2. The molecule has 0 fully saturated rings. The molecule has 0 bridgehead atoms. The SMILES string of the molecule is CN(Cc1ccc(O)c(C(F)(F)F)c1)CC(C)(C)C. The maximum atomic E-state index is 12.7. The molecule has 1 N–H and O–H groups in total. The monoisotopic (exact) mass is 275 g/mol. The second-order valence-corrected chi connectivity index (χ2v) is 6.08. The molecule has 0 saturated heterocycles. The van der Waals surface area contributed by atoms with E-state index in [2.05, 4.69) is 20.8 Å². The number of benzene rings is 1. The van der Waals surface area contributed by atoms with E-state index in [4.69, 9.17) is 0 Å². The van der Waals surface area contributed by atoms with Crippen molar-refractivity contribution in [1.29, 1.82) is 0 Å². The van der Waals surface area contributed by atoms with Crippen LogP contribution in [-0.2, 0) is 12.7 Å². The fraction of sp³-hybridized carbons (Fsp3) is 0.571. The molecule has 19 heavy (non-hydrogen) atoms. The van der Waals surface area contributed by atoms with Gasteiger partial charge in [0, 0.05) is 13.1 Å². The van der Waals surface area contributed by atoms with Crippen LogP contribution in [0.3, 0.4) is 0 Å². The van der Waals surface area contributed by atoms with Gasteiger partial charge in [-0.15, -0.1) is 0 Å². The highest BCUT2D eigenvalue weighted by Gasteiger charge is 2.34. The van der Waals surface area contributed by atoms with Gasteiger partial charge in [0.25, 0.3) is 0 Å². The van der Waals surface area contributed by atoms with Crippen molar-refractivity contribution in [2.45, 2.75) is 33.5 Å². The Kier molecular flexibility index (Phi) is 4.50. The van der Waals surface area contributed by atoms with E-state index in [0.29, 0.717) is 12.1 Å². The summed E-state index contributed by atoms with van der Waals surface area (Å²) in [6.45, 7) is 7.40. The standard InChI is InChI=1S/C14H20F3NO/c1-13(2,3)9-18(4)8-10-5-6-12(19)11(7-10)14(15,16)17/h5-7,19H,8-9H2,1-4H3. The molecule has 0 spiro atoms. The van der Waals surface area contributed by atoms with Gasteiger partial charge in [0.1, 0.15) is 5.75 Å². The van der Waals surface area contributed by atoms with Crippen LogP contribution in [0.25, 0.3) is 0 Å². The molecule has 0 aliphatic heterocycles. The number of nitrogens with zero attached hydrogens (tertiary/aromatic N) is 1. The molecule has 0 amide bonds. The summed E-state index contributed by atoms with van der Waals surface area (Å²) < 4.78 is 38.0. The zero-order valence-corrected chi connectivity index (χ0v) is 11.7. The first-order chi connectivity index (χ1) is 8.49. The maximum Gasteiger partial charge on any atom is 0.419 e. The molecule has 5 heteroatoms. The van der Waals surface area contributed by atoms with Crippen LogP contribution in [0.4, 0.5) is 13.2 Å². The summed E-state index contributed by atoms with van der Waals surface area (Å²) in [5.74, 6) is -0.727. The minimum Gasteiger partial charge on any atom is -0.507 e. The third kappa shape index (κ3) is 5.11. The molecule has 0 aliphatic carbocycles. The van der Waals surface area contributed by atoms with Crippen LogP contribution in [-0.4, -0.2) is 23.6 Å². The molecule has 0 aromatic heterocycles. The van der Waals surface area contributed by atoms with E-state index >= 15 is 0 Å². The number of phenolic OH excluding ortho intramolecular Hbond substituents is 1. The van der Waals surface area contributed by atoms with E-state index in [1.54, 1.807) is 0 Å². The summed E-state index contributed by atoms with van der Waals surface area (Å²) in [6, 6.07) is 3.63. The van der Waals surface area contributed by atoms with Crippen LogP contribution in [0.5, 0.6) is 5.75 Å². The Morgan fingerprint density at radius 2 is 1.74 bits per heavy atom. The molecule has 0 heterocycles. The van der Waals surface area contributed by atoms with Crippen molar-refractivity contribution in [3.8, 4) is 5.75 Å². The average Bonchev–Trinajstić information content (AvgIpc) is 2.16. The molecule has 1 aromatic carbocycles. The number of alkyl halides is 3. The minimum absolute atomic E-state index is 0.0819. The fourth-order valence-corrected chi connectivity index (χ4v) is 2.09. The highest BCUT2D eigenvalue weighted by atomic mass is 19.4. The maximum absolute atomic E-state index is 12.7. The molecule has 0 aliphatic rings. The van der Waals surface area contributed by atoms with Gasteiger partial charge >= 0.3 is 6.18 Å². The van der Waals surface area contributed by atoms with Crippen molar-refractivity contribution in [2.24, 2.45) is 5.41 Å². The number of hydrogen-bond donors (Lipinski definition) is 1. The Morgan fingerprint density at radius 1 is 1.16 bits per heavy atom. The molecule has 108 valence electrons. The Morgan fingerprint density at radius 3 is 2.21 bits per heavy atom. The number of halogens is 3. The van der Waals surface area contributed by atoms with E-state index in [0.717, 1.165) is 18.7 Å². The molecule has 0 unspecified atom stereocenters. The van der Waals surface area contributed by atoms with Crippen molar-refractivity contribution < 1.29 is 18.3 Å². The lowest BCUT2D eigenvalue weighted by atomic mass is 9.96. The smallest absolute Gasteiger partial charge is 0.419 e. The van der Waals surface area contributed by atoms with E-state index in [1.807, 2.05) is 11.9 Å². The first kappa shape index (κ1) is 15.8. The fourth-order valence-electron chi connectivity index (χ4n) is 2.09. The zero-order valence-electron chi connectivity index (χ0n) is 11.7. The summed E-state index contributed by atoms with van der Waals surface area (Å²) in [5, 5.41) is 9.26. The molecule has 0 atom stereocenters. The van der Waals surface area contributed by atoms with E-state index in [-0.39, 0.29) is 5.41 Å². The Bertz CT molecular complexity index is 435. The van der Waals surface area contributed by atoms with Crippen molar-refractivity contribution in [3.05, 3.63) is 29.3 Å². The van der Waals surface area contributed by atoms with Gasteiger partial charge in [0.15, 0.2) is 0 Å². The van der Waals surface area contributed by atoms with E-state index in [9.17, 15) is 18.3 Å². The molecule has 1 aromatic rings. The van der Waals surface area contributed by atoms with Crippen molar-refractivity contribution in [3.63, 3.8) is 0 Å². The Labute approximate surface area is 111 Å². The molecule has 1 rings (SSSR count). The van der Waals surface area contributed by atoms with Gasteiger partial charge in [-0.1, -0.05) is 26.8 Å². The van der Waals surface area contributed by atoms with Gasteiger partial charge in [0.05, 0.1) is 5.56 Å². The third-order valence-electron chi connectivity index (χ3n) is 2.56. The predicted molar refractivity (Wildman–Crippen MR) is 68.9 cm³/mol. The summed E-state index contributed by atoms with van der Waals surface area (Å²) in [7, 11) is 1.87. The Hall–Kier alpha value is -1.23. The zero-order chi connectivity index (χ0) is 14.8. The van der Waals surface area contributed by atoms with Crippen LogP contribution >= 0.6 is 0 Å². The van der Waals surface area contributed by atoms with Gasteiger partial charge in [0.2, 0.25) is 0 Å². The topological polar surface area (TPSA) is 23.5 Å². The molecule has 2 nitrogen and oxygen atoms in total. The largest absolute Gasteiger partial charge is 0.507 e. The quantitative estimate of drug-likeness (QED) is 0.904. The Balaban J connectivity index is 2.86. The van der Waals surface area contributed by atoms with Crippen molar-refractivity contribution in [1.82, 2.24) is 4.90 Å². The summed E-state index contributed by atoms with van der Waals surface area (Å²) >= 11 is 0. The lowest BCUT2D eigenvalue weighted by molar-refractivity contribution is -0.138. The van der Waals surface area contributed by atoms with Crippen LogP contribution in [0, 0.1) is 5.41 Å². The highest BCUT2D eigenvalue weighted by molar-refractivity contribution is 5.38. The molecule has 0 saturated carbocycles. The minimum atomic E-state index is -4.53. The first-order valence-corrected chi connectivity index (χ1v) is 6.07. The number of phenols is 1. The van der Waals surface area contributed by atoms with Crippen molar-refractivity contribution in [2.75, 3.05) is 13.6 Å². The van der Waals surface area contributed by atoms with Crippen LogP contribution in [0.1, 0.15) is 31.9 Å². The van der Waals surface area contributed by atoms with Gasteiger partial charge in [-0.2, -0.15) is 13.2 Å². The number of rotatable bonds is 3. The van der Waals surface area contributed by atoms with Crippen LogP contribution in [0.15, 0.2) is 18.2 Å². The van der Waals surface area contributed by atoms with E-state index < -0.39 is 17.5 Å². The molecular weight excluding hydrogens is 255 g/mol. The predicted octanol–water partition coefficient (Wildman–Crippen LogP) is 3.89. The first-order valence-electron chi connectivity index (χ1n) is 6.07. The highest BCUT2D eigenvalue weighted by Crippen LogP contribution is 2.36. The summed E-state index contributed by atoms with van der Waals surface area (Å²) in [4.78, 5) is 1.96. The van der Waals surface area contributed by atoms with Gasteiger partial charge < -0.3 is 10.0 Å². The lowest BCUT2D eigenvalue weighted by Gasteiger charge is -2.26. The van der Waals surface area contributed by atoms with Crippen LogP contribution in [0.2, 0.25) is 0 Å². The third-order valence-corrected chi connectivity index (χ3v) is 2.56. The van der Waals surface area contributed by atoms with Gasteiger partial charge in [-0.05, 0) is 30.2 Å². The second-order valence-electron chi connectivity index (χ2n) is 6.08. The molecular formula is C14H20F3NO. The number of aromatic hydroxyl groups is 1. The summed E-state index contributed by atoms with van der Waals surface area (Å²) in [5.41, 5.74) is -0.357. The summed E-state index contributed by atoms with van der Waals surface area (Å²) in [6.07, 6.45) is -4.53. The normalized spacial score (nSPS) is 13.1. The van der Waals surface area contributed by atoms with Crippen molar-refractivity contribution >= 4 is 0 Å². The van der Waals surface area contributed by atoms with Gasteiger partial charge in [-0.25, -0.2) is 0 Å². The second kappa shape index (κ2) is 5.41. The average molecular weight is 275 g/mol. The molecule has 0 radical (unpaired) electrons. The lowest BCUT2D eigenvalue weighted by Crippen LogP contribution is -2.28.